The van der Waals surface area contributed by atoms with E-state index in [1.807, 2.05) is 18.2 Å². The molecule has 1 atom stereocenters. The van der Waals surface area contributed by atoms with Gasteiger partial charge in [-0.25, -0.2) is 0 Å². The first-order valence-electron chi connectivity index (χ1n) is 6.38. The molecule has 1 saturated heterocycles. The summed E-state index contributed by atoms with van der Waals surface area (Å²) in [5, 5.41) is 7.46. The molecule has 0 bridgehead atoms. The highest BCUT2D eigenvalue weighted by molar-refractivity contribution is 5.95. The molecule has 18 heavy (non-hydrogen) atoms. The normalized spacial score (nSPS) is 20.5. The summed E-state index contributed by atoms with van der Waals surface area (Å²) in [4.78, 5) is 4.76. The second-order valence-corrected chi connectivity index (χ2v) is 5.26. The van der Waals surface area contributed by atoms with E-state index in [9.17, 15) is 0 Å². The summed E-state index contributed by atoms with van der Waals surface area (Å²) in [6.07, 6.45) is 1.24. The fourth-order valence-electron chi connectivity index (χ4n) is 2.47. The summed E-state index contributed by atoms with van der Waals surface area (Å²) in [5.74, 6) is 0.143. The van der Waals surface area contributed by atoms with Gasteiger partial charge in [0.05, 0.1) is 0 Å². The van der Waals surface area contributed by atoms with Crippen molar-refractivity contribution in [3.8, 4) is 0 Å². The van der Waals surface area contributed by atoms with Crippen LogP contribution in [0.2, 0.25) is 0 Å². The minimum absolute atomic E-state index is 0.143. The van der Waals surface area contributed by atoms with Gasteiger partial charge in [0.2, 0.25) is 0 Å². The molecule has 1 aromatic carbocycles. The molecule has 0 spiro atoms. The Morgan fingerprint density at radius 1 is 1.50 bits per heavy atom. The van der Waals surface area contributed by atoms with Crippen LogP contribution in [0, 0.1) is 5.41 Å². The molecule has 0 saturated carbocycles. The number of nitrogen functional groups attached to an aromatic ring is 1. The Morgan fingerprint density at radius 3 is 2.89 bits per heavy atom. The van der Waals surface area contributed by atoms with E-state index < -0.39 is 0 Å². The van der Waals surface area contributed by atoms with Crippen LogP contribution in [0.25, 0.3) is 0 Å². The Morgan fingerprint density at radius 2 is 2.28 bits per heavy atom. The fraction of sp³-hybridized carbons (Fsp3) is 0.500. The first-order valence-corrected chi connectivity index (χ1v) is 6.38. The number of nitrogens with two attached hydrogens (primary N) is 1. The molecule has 0 radical (unpaired) electrons. The predicted octanol–water partition coefficient (Wildman–Crippen LogP) is 1.11. The highest BCUT2D eigenvalue weighted by Crippen LogP contribution is 2.16. The van der Waals surface area contributed by atoms with Crippen molar-refractivity contribution >= 4 is 5.84 Å². The van der Waals surface area contributed by atoms with Crippen LogP contribution < -0.4 is 5.73 Å². The molecule has 1 aromatic rings. The van der Waals surface area contributed by atoms with Gasteiger partial charge in [-0.05, 0) is 32.1 Å². The largest absolute Gasteiger partial charge is 0.384 e. The van der Waals surface area contributed by atoms with Gasteiger partial charge in [-0.3, -0.25) is 10.3 Å². The molecule has 4 nitrogen and oxygen atoms in total. The molecule has 1 aliphatic rings. The van der Waals surface area contributed by atoms with Crippen molar-refractivity contribution in [1.29, 1.82) is 5.41 Å². The van der Waals surface area contributed by atoms with Crippen molar-refractivity contribution in [1.82, 2.24) is 9.80 Å². The third-order valence-electron chi connectivity index (χ3n) is 3.62. The second kappa shape index (κ2) is 5.50. The summed E-state index contributed by atoms with van der Waals surface area (Å²) in [6.45, 7) is 3.22. The van der Waals surface area contributed by atoms with Crippen molar-refractivity contribution in [2.45, 2.75) is 19.0 Å². The molecule has 2 rings (SSSR count). The van der Waals surface area contributed by atoms with E-state index >= 15 is 0 Å². The van der Waals surface area contributed by atoms with Crippen LogP contribution in [0.1, 0.15) is 17.5 Å². The zero-order valence-corrected chi connectivity index (χ0v) is 11.2. The number of amidine groups is 1. The Bertz CT molecular complexity index is 428. The monoisotopic (exact) mass is 246 g/mol. The van der Waals surface area contributed by atoms with Gasteiger partial charge in [0.15, 0.2) is 0 Å². The molecule has 0 aromatic heterocycles. The quantitative estimate of drug-likeness (QED) is 0.618. The smallest absolute Gasteiger partial charge is 0.122 e. The van der Waals surface area contributed by atoms with E-state index in [0.29, 0.717) is 6.04 Å². The fourth-order valence-corrected chi connectivity index (χ4v) is 2.47. The van der Waals surface area contributed by atoms with Gasteiger partial charge in [-0.1, -0.05) is 18.2 Å². The molecule has 1 fully saturated rings. The highest BCUT2D eigenvalue weighted by Gasteiger charge is 2.23. The Balaban J connectivity index is 1.98. The highest BCUT2D eigenvalue weighted by atomic mass is 15.2. The SMILES string of the molecule is CN(C)C1CCN(Cc2cccc(C(=N)N)c2)C1. The van der Waals surface area contributed by atoms with Gasteiger partial charge in [0.1, 0.15) is 5.84 Å². The summed E-state index contributed by atoms with van der Waals surface area (Å²) in [6, 6.07) is 8.66. The van der Waals surface area contributed by atoms with Gasteiger partial charge in [0, 0.05) is 31.2 Å². The van der Waals surface area contributed by atoms with Crippen molar-refractivity contribution in [3.63, 3.8) is 0 Å². The number of likely N-dealkylation sites (tertiary alicyclic amines) is 1. The number of nitrogens with zero attached hydrogens (tertiary/aromatic N) is 2. The topological polar surface area (TPSA) is 56.4 Å². The number of likely N-dealkylation sites (N-methyl/N-ethyl adjacent to an activating group) is 1. The molecule has 1 heterocycles. The lowest BCUT2D eigenvalue weighted by Gasteiger charge is -2.20. The Kier molecular flexibility index (Phi) is 3.99. The lowest BCUT2D eigenvalue weighted by atomic mass is 10.1. The van der Waals surface area contributed by atoms with Crippen LogP contribution in [0.4, 0.5) is 0 Å². The molecular formula is C14H22N4. The lowest BCUT2D eigenvalue weighted by molar-refractivity contribution is 0.264. The first kappa shape index (κ1) is 13.1. The second-order valence-electron chi connectivity index (χ2n) is 5.26. The van der Waals surface area contributed by atoms with Crippen molar-refractivity contribution < 1.29 is 0 Å². The molecule has 3 N–H and O–H groups in total. The van der Waals surface area contributed by atoms with E-state index in [1.54, 1.807) is 0 Å². The number of hydrogen-bond donors (Lipinski definition) is 2. The molecule has 4 heteroatoms. The average molecular weight is 246 g/mol. The van der Waals surface area contributed by atoms with Gasteiger partial charge in [-0.15, -0.1) is 0 Å². The molecule has 1 aliphatic heterocycles. The predicted molar refractivity (Wildman–Crippen MR) is 74.8 cm³/mol. The van der Waals surface area contributed by atoms with Crippen molar-refractivity contribution in [2.24, 2.45) is 5.73 Å². The number of hydrogen-bond acceptors (Lipinski definition) is 3. The van der Waals surface area contributed by atoms with Crippen LogP contribution in [-0.4, -0.2) is 48.9 Å². The van der Waals surface area contributed by atoms with E-state index in [4.69, 9.17) is 11.1 Å². The van der Waals surface area contributed by atoms with E-state index in [1.165, 1.54) is 12.0 Å². The lowest BCUT2D eigenvalue weighted by Crippen LogP contribution is -2.31. The third-order valence-corrected chi connectivity index (χ3v) is 3.62. The first-order chi connectivity index (χ1) is 8.56. The number of nitrogens with one attached hydrogen (secondary N) is 1. The minimum Gasteiger partial charge on any atom is -0.384 e. The zero-order chi connectivity index (χ0) is 13.1. The third kappa shape index (κ3) is 3.09. The van der Waals surface area contributed by atoms with Gasteiger partial charge >= 0.3 is 0 Å². The summed E-state index contributed by atoms with van der Waals surface area (Å²) in [7, 11) is 4.29. The zero-order valence-electron chi connectivity index (χ0n) is 11.2. The van der Waals surface area contributed by atoms with Gasteiger partial charge < -0.3 is 10.6 Å². The van der Waals surface area contributed by atoms with Crippen LogP contribution in [-0.2, 0) is 6.54 Å². The van der Waals surface area contributed by atoms with Crippen molar-refractivity contribution in [2.75, 3.05) is 27.2 Å². The van der Waals surface area contributed by atoms with Gasteiger partial charge in [-0.2, -0.15) is 0 Å². The maximum atomic E-state index is 7.46. The van der Waals surface area contributed by atoms with E-state index in [-0.39, 0.29) is 5.84 Å². The molecule has 1 unspecified atom stereocenters. The molecule has 0 amide bonds. The summed E-state index contributed by atoms with van der Waals surface area (Å²) in [5.41, 5.74) is 7.57. The Hall–Kier alpha value is -1.39. The molecule has 0 aliphatic carbocycles. The van der Waals surface area contributed by atoms with Crippen LogP contribution >= 0.6 is 0 Å². The maximum Gasteiger partial charge on any atom is 0.122 e. The standard InChI is InChI=1S/C14H22N4/c1-17(2)13-6-7-18(10-13)9-11-4-3-5-12(8-11)14(15)16/h3-5,8,13H,6-7,9-10H2,1-2H3,(H3,15,16). The average Bonchev–Trinajstić information content (AvgIpc) is 2.78. The molecule has 98 valence electrons. The van der Waals surface area contributed by atoms with E-state index in [2.05, 4.69) is 30.0 Å². The summed E-state index contributed by atoms with van der Waals surface area (Å²) < 4.78 is 0. The number of benzene rings is 1. The van der Waals surface area contributed by atoms with E-state index in [0.717, 1.165) is 25.2 Å². The van der Waals surface area contributed by atoms with Gasteiger partial charge in [0.25, 0.3) is 0 Å². The maximum absolute atomic E-state index is 7.46. The van der Waals surface area contributed by atoms with Crippen LogP contribution in [0.15, 0.2) is 24.3 Å². The Labute approximate surface area is 109 Å². The van der Waals surface area contributed by atoms with Crippen LogP contribution in [0.3, 0.4) is 0 Å². The minimum atomic E-state index is 0.143. The van der Waals surface area contributed by atoms with Crippen molar-refractivity contribution in [3.05, 3.63) is 35.4 Å². The summed E-state index contributed by atoms with van der Waals surface area (Å²) >= 11 is 0. The number of rotatable bonds is 4. The van der Waals surface area contributed by atoms with Crippen LogP contribution in [0.5, 0.6) is 0 Å². The molecular weight excluding hydrogens is 224 g/mol.